The van der Waals surface area contributed by atoms with Gasteiger partial charge in [0.15, 0.2) is 5.13 Å². The van der Waals surface area contributed by atoms with Crippen molar-refractivity contribution in [2.24, 2.45) is 0 Å². The normalized spacial score (nSPS) is 10.9. The molecule has 1 heterocycles. The van der Waals surface area contributed by atoms with E-state index in [2.05, 4.69) is 10.3 Å². The number of hydrogen-bond acceptors (Lipinski definition) is 3. The molecule has 0 aliphatic rings. The predicted molar refractivity (Wildman–Crippen MR) is 79.0 cm³/mol. The summed E-state index contributed by atoms with van der Waals surface area (Å²) in [7, 11) is 0. The first-order valence-electron chi connectivity index (χ1n) is 5.71. The second-order valence-corrected chi connectivity index (χ2v) is 5.69. The van der Waals surface area contributed by atoms with Gasteiger partial charge in [0.05, 0.1) is 10.2 Å². The lowest BCUT2D eigenvalue weighted by Crippen LogP contribution is -1.90. The number of rotatable bonds is 2. The minimum absolute atomic E-state index is 0.361. The molecule has 96 valence electrons. The van der Waals surface area contributed by atoms with Gasteiger partial charge in [0, 0.05) is 10.7 Å². The first-order valence-corrected chi connectivity index (χ1v) is 6.90. The molecule has 0 aliphatic heterocycles. The number of aryl methyl sites for hydroxylation is 1. The van der Waals surface area contributed by atoms with E-state index in [1.807, 2.05) is 25.1 Å². The van der Waals surface area contributed by atoms with E-state index in [4.69, 9.17) is 11.6 Å². The van der Waals surface area contributed by atoms with Crippen molar-refractivity contribution in [1.82, 2.24) is 4.98 Å². The van der Waals surface area contributed by atoms with Crippen molar-refractivity contribution in [3.63, 3.8) is 0 Å². The molecule has 0 bridgehead atoms. The van der Waals surface area contributed by atoms with E-state index >= 15 is 0 Å². The highest BCUT2D eigenvalue weighted by Gasteiger charge is 2.07. The van der Waals surface area contributed by atoms with Gasteiger partial charge in [-0.25, -0.2) is 9.37 Å². The average Bonchev–Trinajstić information content (AvgIpc) is 2.71. The van der Waals surface area contributed by atoms with Crippen molar-refractivity contribution in [3.05, 3.63) is 52.8 Å². The summed E-state index contributed by atoms with van der Waals surface area (Å²) in [6, 6.07) is 10.4. The van der Waals surface area contributed by atoms with Crippen LogP contribution in [0.5, 0.6) is 0 Å². The summed E-state index contributed by atoms with van der Waals surface area (Å²) in [6.45, 7) is 2.02. The van der Waals surface area contributed by atoms with Crippen LogP contribution < -0.4 is 5.32 Å². The number of para-hydroxylation sites is 1. The molecule has 0 fully saturated rings. The van der Waals surface area contributed by atoms with Crippen LogP contribution in [0.4, 0.5) is 15.2 Å². The Morgan fingerprint density at radius 3 is 2.84 bits per heavy atom. The van der Waals surface area contributed by atoms with Crippen LogP contribution in [0.2, 0.25) is 5.02 Å². The second kappa shape index (κ2) is 4.79. The summed E-state index contributed by atoms with van der Waals surface area (Å²) in [5.41, 5.74) is 2.69. The molecule has 0 amide bonds. The first-order chi connectivity index (χ1) is 9.11. The molecule has 19 heavy (non-hydrogen) atoms. The molecular formula is C14H10ClFN2S. The summed E-state index contributed by atoms with van der Waals surface area (Å²) < 4.78 is 14.4. The Kier molecular flexibility index (Phi) is 3.12. The molecular weight excluding hydrogens is 283 g/mol. The topological polar surface area (TPSA) is 24.9 Å². The Bertz CT molecular complexity index is 734. The maximum Gasteiger partial charge on any atom is 0.188 e. The number of halogens is 2. The second-order valence-electron chi connectivity index (χ2n) is 4.22. The molecule has 2 nitrogen and oxygen atoms in total. The van der Waals surface area contributed by atoms with E-state index in [0.717, 1.165) is 20.9 Å². The van der Waals surface area contributed by atoms with Crippen molar-refractivity contribution in [3.8, 4) is 0 Å². The highest BCUT2D eigenvalue weighted by molar-refractivity contribution is 7.22. The summed E-state index contributed by atoms with van der Waals surface area (Å²) >= 11 is 7.35. The van der Waals surface area contributed by atoms with Gasteiger partial charge in [-0.15, -0.1) is 0 Å². The Morgan fingerprint density at radius 1 is 1.26 bits per heavy atom. The third-order valence-electron chi connectivity index (χ3n) is 2.73. The lowest BCUT2D eigenvalue weighted by molar-refractivity contribution is 0.628. The molecule has 0 atom stereocenters. The fraction of sp³-hybridized carbons (Fsp3) is 0.0714. The Morgan fingerprint density at radius 2 is 2.11 bits per heavy atom. The van der Waals surface area contributed by atoms with Gasteiger partial charge in [-0.05, 0) is 36.8 Å². The summed E-state index contributed by atoms with van der Waals surface area (Å²) in [6.07, 6.45) is 0. The van der Waals surface area contributed by atoms with E-state index in [9.17, 15) is 4.39 Å². The number of fused-ring (bicyclic) bond motifs is 1. The number of aromatic nitrogens is 1. The van der Waals surface area contributed by atoms with E-state index < -0.39 is 0 Å². The van der Waals surface area contributed by atoms with E-state index in [1.165, 1.54) is 23.5 Å². The van der Waals surface area contributed by atoms with Gasteiger partial charge in [0.2, 0.25) is 0 Å². The van der Waals surface area contributed by atoms with Crippen LogP contribution in [0.1, 0.15) is 5.56 Å². The minimum Gasteiger partial charge on any atom is -0.331 e. The lowest BCUT2D eigenvalue weighted by Gasteiger charge is -2.02. The van der Waals surface area contributed by atoms with Gasteiger partial charge in [-0.2, -0.15) is 0 Å². The maximum absolute atomic E-state index is 13.3. The lowest BCUT2D eigenvalue weighted by atomic mass is 10.2. The van der Waals surface area contributed by atoms with Crippen LogP contribution in [-0.2, 0) is 0 Å². The summed E-state index contributed by atoms with van der Waals surface area (Å²) in [4.78, 5) is 4.51. The Hall–Kier alpha value is -1.65. The molecule has 1 N–H and O–H groups in total. The van der Waals surface area contributed by atoms with Gasteiger partial charge in [-0.1, -0.05) is 35.1 Å². The van der Waals surface area contributed by atoms with Gasteiger partial charge < -0.3 is 5.32 Å². The molecule has 0 radical (unpaired) electrons. The highest BCUT2D eigenvalue weighted by Crippen LogP contribution is 2.30. The molecule has 0 saturated heterocycles. The summed E-state index contributed by atoms with van der Waals surface area (Å²) in [5.74, 6) is -0.368. The van der Waals surface area contributed by atoms with Crippen molar-refractivity contribution < 1.29 is 4.39 Å². The highest BCUT2D eigenvalue weighted by atomic mass is 35.5. The van der Waals surface area contributed by atoms with Crippen LogP contribution in [0, 0.1) is 12.7 Å². The molecule has 3 aromatic rings. The maximum atomic E-state index is 13.3. The number of hydrogen-bond donors (Lipinski definition) is 1. The molecule has 0 spiro atoms. The van der Waals surface area contributed by atoms with Crippen molar-refractivity contribution in [1.29, 1.82) is 0 Å². The van der Waals surface area contributed by atoms with E-state index in [1.54, 1.807) is 6.07 Å². The molecule has 1 aromatic heterocycles. The van der Waals surface area contributed by atoms with Gasteiger partial charge >= 0.3 is 0 Å². The van der Waals surface area contributed by atoms with Crippen LogP contribution in [0.3, 0.4) is 0 Å². The summed E-state index contributed by atoms with van der Waals surface area (Å²) in [5, 5.41) is 4.17. The third kappa shape index (κ3) is 2.55. The van der Waals surface area contributed by atoms with E-state index in [0.29, 0.717) is 10.7 Å². The zero-order valence-corrected chi connectivity index (χ0v) is 11.6. The zero-order valence-electron chi connectivity index (χ0n) is 10.1. The number of nitrogens with one attached hydrogen (secondary N) is 1. The standard InChI is InChI=1S/C14H10ClFN2S/c1-8-3-2-4-12-13(8)18-14(19-12)17-11-6-9(15)5-10(16)7-11/h2-7H,1H3,(H,17,18). The van der Waals surface area contributed by atoms with Crippen molar-refractivity contribution in [2.45, 2.75) is 6.92 Å². The van der Waals surface area contributed by atoms with Crippen LogP contribution >= 0.6 is 22.9 Å². The van der Waals surface area contributed by atoms with Gasteiger partial charge in [-0.3, -0.25) is 0 Å². The largest absolute Gasteiger partial charge is 0.331 e. The van der Waals surface area contributed by atoms with Gasteiger partial charge in [0.1, 0.15) is 5.82 Å². The van der Waals surface area contributed by atoms with Crippen molar-refractivity contribution in [2.75, 3.05) is 5.32 Å². The first kappa shape index (κ1) is 12.4. The van der Waals surface area contributed by atoms with Crippen LogP contribution in [0.25, 0.3) is 10.2 Å². The smallest absolute Gasteiger partial charge is 0.188 e. The number of anilines is 2. The SMILES string of the molecule is Cc1cccc2sc(Nc3cc(F)cc(Cl)c3)nc12. The Balaban J connectivity index is 1.99. The average molecular weight is 293 g/mol. The number of thiazole rings is 1. The Labute approximate surface area is 118 Å². The monoisotopic (exact) mass is 292 g/mol. The van der Waals surface area contributed by atoms with Crippen molar-refractivity contribution >= 4 is 44.0 Å². The van der Waals surface area contributed by atoms with Crippen LogP contribution in [-0.4, -0.2) is 4.98 Å². The van der Waals surface area contributed by atoms with Crippen LogP contribution in [0.15, 0.2) is 36.4 Å². The molecule has 0 saturated carbocycles. The third-order valence-corrected chi connectivity index (χ3v) is 3.89. The fourth-order valence-corrected chi connectivity index (χ4v) is 3.07. The number of nitrogens with zero attached hydrogens (tertiary/aromatic N) is 1. The number of benzene rings is 2. The van der Waals surface area contributed by atoms with E-state index in [-0.39, 0.29) is 5.82 Å². The zero-order chi connectivity index (χ0) is 13.4. The van der Waals surface area contributed by atoms with Gasteiger partial charge in [0.25, 0.3) is 0 Å². The fourth-order valence-electron chi connectivity index (χ4n) is 1.89. The minimum atomic E-state index is -0.368. The molecule has 0 unspecified atom stereocenters. The molecule has 0 aliphatic carbocycles. The molecule has 3 rings (SSSR count). The molecule has 5 heteroatoms. The molecule has 2 aromatic carbocycles. The quantitative estimate of drug-likeness (QED) is 0.707. The predicted octanol–water partition coefficient (Wildman–Crippen LogP) is 5.14.